The first-order valence-electron chi connectivity index (χ1n) is 9.46. The summed E-state index contributed by atoms with van der Waals surface area (Å²) in [5.41, 5.74) is -4.58. The lowest BCUT2D eigenvalue weighted by Crippen LogP contribution is -2.35. The molecule has 3 rings (SSSR count). The van der Waals surface area contributed by atoms with E-state index in [2.05, 4.69) is 5.32 Å². The molecule has 0 spiro atoms. The molecular weight excluding hydrogens is 453 g/mol. The summed E-state index contributed by atoms with van der Waals surface area (Å²) in [6, 6.07) is 9.44. The van der Waals surface area contributed by atoms with Crippen LogP contribution in [0.5, 0.6) is 5.75 Å². The van der Waals surface area contributed by atoms with E-state index in [-0.39, 0.29) is 38.6 Å². The first-order chi connectivity index (χ1) is 14.6. The second-order valence-electron chi connectivity index (χ2n) is 6.83. The summed E-state index contributed by atoms with van der Waals surface area (Å²) < 4.78 is 71.2. The Morgan fingerprint density at radius 1 is 1.10 bits per heavy atom. The van der Waals surface area contributed by atoms with Crippen LogP contribution in [0.1, 0.15) is 29.6 Å². The Morgan fingerprint density at radius 2 is 1.77 bits per heavy atom. The van der Waals surface area contributed by atoms with E-state index < -0.39 is 21.4 Å². The second kappa shape index (κ2) is 9.49. The Balaban J connectivity index is 1.90. The Kier molecular flexibility index (Phi) is 7.17. The molecule has 0 saturated carbocycles. The zero-order chi connectivity index (χ0) is 22.6. The maximum absolute atomic E-state index is 13.1. The first-order valence-corrected chi connectivity index (χ1v) is 11.7. The predicted octanol–water partition coefficient (Wildman–Crippen LogP) is 4.73. The molecule has 0 radical (unpaired) electrons. The molecule has 0 aromatic heterocycles. The number of nitrogens with zero attached hydrogens (tertiary/aromatic N) is 1. The van der Waals surface area contributed by atoms with E-state index in [1.807, 2.05) is 0 Å². The lowest BCUT2D eigenvalue weighted by Gasteiger charge is -2.26. The molecule has 168 valence electrons. The zero-order valence-corrected chi connectivity index (χ0v) is 18.2. The number of nitrogens with one attached hydrogen (secondary N) is 1. The van der Waals surface area contributed by atoms with Gasteiger partial charge in [0.1, 0.15) is 10.6 Å². The van der Waals surface area contributed by atoms with Gasteiger partial charge < -0.3 is 10.1 Å². The number of hydrogen-bond donors (Lipinski definition) is 1. The van der Waals surface area contributed by atoms with Crippen LogP contribution in [-0.2, 0) is 10.0 Å². The monoisotopic (exact) mass is 474 g/mol. The summed E-state index contributed by atoms with van der Waals surface area (Å²) in [4.78, 5) is 12.3. The van der Waals surface area contributed by atoms with E-state index in [0.29, 0.717) is 13.1 Å². The molecule has 1 N–H and O–H groups in total. The average molecular weight is 475 g/mol. The van der Waals surface area contributed by atoms with Crippen LogP contribution in [0.3, 0.4) is 0 Å². The third kappa shape index (κ3) is 5.72. The highest BCUT2D eigenvalue weighted by Crippen LogP contribution is 2.39. The minimum absolute atomic E-state index is 0.104. The Labute approximate surface area is 182 Å². The minimum Gasteiger partial charge on any atom is -0.495 e. The highest BCUT2D eigenvalue weighted by Gasteiger charge is 2.32. The summed E-state index contributed by atoms with van der Waals surface area (Å²) in [6.45, 7) is 0.786. The molecule has 1 heterocycles. The van der Waals surface area contributed by atoms with Gasteiger partial charge in [0.05, 0.1) is 12.7 Å². The van der Waals surface area contributed by atoms with Crippen molar-refractivity contribution in [1.82, 2.24) is 4.31 Å². The zero-order valence-electron chi connectivity index (χ0n) is 16.6. The molecular formula is C20H21F3N2O4S2. The Bertz CT molecular complexity index is 1050. The second-order valence-corrected chi connectivity index (χ2v) is 9.84. The van der Waals surface area contributed by atoms with Crippen molar-refractivity contribution in [1.29, 1.82) is 0 Å². The van der Waals surface area contributed by atoms with E-state index >= 15 is 0 Å². The molecule has 1 aliphatic rings. The number of rotatable bonds is 6. The summed E-state index contributed by atoms with van der Waals surface area (Å²) >= 11 is -0.385. The van der Waals surface area contributed by atoms with Crippen LogP contribution in [-0.4, -0.2) is 44.3 Å². The molecule has 1 saturated heterocycles. The standard InChI is InChI=1S/C20H21F3N2O4S2/c1-29-16-10-9-14(13-18(16)31(27,28)25-11-5-2-6-12-25)24-19(26)15-7-3-4-8-17(15)30-20(21,22)23/h3-4,7-10,13H,2,5-6,11-12H2,1H3,(H,24,26). The number of anilines is 1. The first kappa shape index (κ1) is 23.4. The fourth-order valence-electron chi connectivity index (χ4n) is 3.27. The van der Waals surface area contributed by atoms with Gasteiger partial charge in [0.15, 0.2) is 0 Å². The van der Waals surface area contributed by atoms with Crippen molar-refractivity contribution in [3.63, 3.8) is 0 Å². The van der Waals surface area contributed by atoms with Gasteiger partial charge in [-0.2, -0.15) is 17.5 Å². The van der Waals surface area contributed by atoms with Gasteiger partial charge >= 0.3 is 5.51 Å². The quantitative estimate of drug-likeness (QED) is 0.613. The van der Waals surface area contributed by atoms with Gasteiger partial charge in [0.2, 0.25) is 10.0 Å². The minimum atomic E-state index is -4.55. The van der Waals surface area contributed by atoms with Crippen LogP contribution in [0, 0.1) is 0 Å². The molecule has 6 nitrogen and oxygen atoms in total. The van der Waals surface area contributed by atoms with Crippen molar-refractivity contribution < 1.29 is 31.1 Å². The van der Waals surface area contributed by atoms with Crippen LogP contribution in [0.15, 0.2) is 52.3 Å². The number of ether oxygens (including phenoxy) is 1. The van der Waals surface area contributed by atoms with Crippen molar-refractivity contribution in [2.75, 3.05) is 25.5 Å². The number of piperidine rings is 1. The molecule has 11 heteroatoms. The van der Waals surface area contributed by atoms with E-state index in [1.54, 1.807) is 0 Å². The van der Waals surface area contributed by atoms with Gasteiger partial charge in [0.25, 0.3) is 5.91 Å². The molecule has 2 aromatic carbocycles. The Morgan fingerprint density at radius 3 is 2.42 bits per heavy atom. The SMILES string of the molecule is COc1ccc(NC(=O)c2ccccc2SC(F)(F)F)cc1S(=O)(=O)N1CCCCC1. The van der Waals surface area contributed by atoms with Crippen molar-refractivity contribution >= 4 is 33.4 Å². The van der Waals surface area contributed by atoms with Crippen LogP contribution < -0.4 is 10.1 Å². The number of benzene rings is 2. The number of amides is 1. The molecule has 0 aliphatic carbocycles. The smallest absolute Gasteiger partial charge is 0.446 e. The highest BCUT2D eigenvalue weighted by atomic mass is 32.2. The van der Waals surface area contributed by atoms with Crippen molar-refractivity contribution in [2.45, 2.75) is 34.6 Å². The lowest BCUT2D eigenvalue weighted by molar-refractivity contribution is -0.0328. The summed E-state index contributed by atoms with van der Waals surface area (Å²) in [5.74, 6) is -0.657. The summed E-state index contributed by atoms with van der Waals surface area (Å²) in [6.07, 6.45) is 2.46. The number of hydrogen-bond acceptors (Lipinski definition) is 5. The molecule has 0 atom stereocenters. The number of sulfonamides is 1. The van der Waals surface area contributed by atoms with E-state index in [4.69, 9.17) is 4.74 Å². The summed E-state index contributed by atoms with van der Waals surface area (Å²) in [5, 5.41) is 2.49. The van der Waals surface area contributed by atoms with Gasteiger partial charge in [-0.15, -0.1) is 0 Å². The van der Waals surface area contributed by atoms with Crippen LogP contribution >= 0.6 is 11.8 Å². The molecule has 2 aromatic rings. The van der Waals surface area contributed by atoms with Gasteiger partial charge in [-0.25, -0.2) is 8.42 Å². The van der Waals surface area contributed by atoms with Crippen molar-refractivity contribution in [3.8, 4) is 5.75 Å². The van der Waals surface area contributed by atoms with Crippen molar-refractivity contribution in [3.05, 3.63) is 48.0 Å². The van der Waals surface area contributed by atoms with E-state index in [0.717, 1.165) is 19.3 Å². The van der Waals surface area contributed by atoms with Gasteiger partial charge in [0, 0.05) is 23.7 Å². The van der Waals surface area contributed by atoms with Crippen molar-refractivity contribution in [2.24, 2.45) is 0 Å². The number of halogens is 3. The van der Waals surface area contributed by atoms with Crippen LogP contribution in [0.2, 0.25) is 0 Å². The van der Waals surface area contributed by atoms with E-state index in [1.165, 1.54) is 53.9 Å². The van der Waals surface area contributed by atoms with Gasteiger partial charge in [-0.3, -0.25) is 4.79 Å². The normalized spacial score (nSPS) is 15.5. The average Bonchev–Trinajstić information content (AvgIpc) is 2.73. The molecule has 1 amide bonds. The Hall–Kier alpha value is -2.24. The molecule has 0 unspecified atom stereocenters. The molecule has 0 bridgehead atoms. The predicted molar refractivity (Wildman–Crippen MR) is 112 cm³/mol. The number of alkyl halides is 3. The maximum Gasteiger partial charge on any atom is 0.446 e. The number of thioether (sulfide) groups is 1. The molecule has 31 heavy (non-hydrogen) atoms. The maximum atomic E-state index is 13.1. The number of methoxy groups -OCH3 is 1. The lowest BCUT2D eigenvalue weighted by atomic mass is 10.2. The van der Waals surface area contributed by atoms with Crippen LogP contribution in [0.4, 0.5) is 18.9 Å². The molecule has 1 fully saturated rings. The molecule has 1 aliphatic heterocycles. The van der Waals surface area contributed by atoms with E-state index in [9.17, 15) is 26.4 Å². The topological polar surface area (TPSA) is 75.7 Å². The highest BCUT2D eigenvalue weighted by molar-refractivity contribution is 8.00. The van der Waals surface area contributed by atoms with Gasteiger partial charge in [-0.05, 0) is 54.9 Å². The summed E-state index contributed by atoms with van der Waals surface area (Å²) in [7, 11) is -2.52. The number of carbonyl (C=O) groups is 1. The fourth-order valence-corrected chi connectivity index (χ4v) is 5.63. The third-order valence-electron chi connectivity index (χ3n) is 4.71. The fraction of sp³-hybridized carbons (Fsp3) is 0.350. The number of carbonyl (C=O) groups excluding carboxylic acids is 1. The van der Waals surface area contributed by atoms with Crippen LogP contribution in [0.25, 0.3) is 0 Å². The van der Waals surface area contributed by atoms with Gasteiger partial charge in [-0.1, -0.05) is 18.6 Å². The largest absolute Gasteiger partial charge is 0.495 e. The third-order valence-corrected chi connectivity index (χ3v) is 7.44.